The number of nitrogens with one attached hydrogen (secondary N) is 1. The van der Waals surface area contributed by atoms with E-state index >= 15 is 0 Å². The van der Waals surface area contributed by atoms with Gasteiger partial charge in [0.15, 0.2) is 17.0 Å². The maximum absolute atomic E-state index is 12.7. The second-order valence-electron chi connectivity index (χ2n) is 11.7. The minimum atomic E-state index is -0.990. The van der Waals surface area contributed by atoms with E-state index in [9.17, 15) is 4.79 Å². The summed E-state index contributed by atoms with van der Waals surface area (Å²) in [6.07, 6.45) is 4.03. The molecule has 2 aliphatic rings. The molecule has 1 aliphatic heterocycles. The number of nitrogens with zero attached hydrogens (tertiary/aromatic N) is 3. The van der Waals surface area contributed by atoms with Gasteiger partial charge in [-0.05, 0) is 55.5 Å². The number of methoxy groups -OCH3 is 1. The highest BCUT2D eigenvalue weighted by atomic mass is 16.8. The third-order valence-electron chi connectivity index (χ3n) is 8.79. The van der Waals surface area contributed by atoms with Crippen molar-refractivity contribution in [3.05, 3.63) is 125 Å². The molecule has 0 radical (unpaired) electrons. The molecule has 1 aliphatic carbocycles. The van der Waals surface area contributed by atoms with Crippen molar-refractivity contribution in [2.24, 2.45) is 0 Å². The summed E-state index contributed by atoms with van der Waals surface area (Å²) in [5.41, 5.74) is 1.61. The Morgan fingerprint density at radius 3 is 2.23 bits per heavy atom. The standard InChI is InChI=1S/C34H34N4O5/c1-32(2)42-27-18-19-33(29(27)43-32,38-22-37-28-30(38)35-21-36-31(28)39)20-41-34(23-10-6-4-7-11-23,24-12-8-5-9-13-24)25-14-16-26(40-3)17-15-25/h4-17,21-22,27,29H,18-20H2,1-3H3,(H,35,36,39)/t27-,29-,33-/m1/s1. The Morgan fingerprint density at radius 1 is 0.930 bits per heavy atom. The SMILES string of the molecule is COc1ccc(C(OC[C@]2(n3cnc4c(=O)[nH]cnc43)CC[C@H]3OC(C)(C)O[C@H]32)(c2ccccc2)c2ccccc2)cc1. The largest absolute Gasteiger partial charge is 0.497 e. The van der Waals surface area contributed by atoms with Crippen LogP contribution in [0.4, 0.5) is 0 Å². The van der Waals surface area contributed by atoms with Crippen molar-refractivity contribution in [3.63, 3.8) is 0 Å². The first kappa shape index (κ1) is 27.5. The smallest absolute Gasteiger partial charge is 0.278 e. The number of benzene rings is 3. The van der Waals surface area contributed by atoms with Crippen LogP contribution in [0.1, 0.15) is 43.4 Å². The highest BCUT2D eigenvalue weighted by Gasteiger charge is 2.60. The molecule has 3 heterocycles. The summed E-state index contributed by atoms with van der Waals surface area (Å²) in [5, 5.41) is 0. The Morgan fingerprint density at radius 2 is 1.58 bits per heavy atom. The third kappa shape index (κ3) is 4.47. The molecule has 9 heteroatoms. The van der Waals surface area contributed by atoms with Crippen LogP contribution in [0.15, 0.2) is 102 Å². The Kier molecular flexibility index (Phi) is 6.69. The lowest BCUT2D eigenvalue weighted by molar-refractivity contribution is -0.171. The van der Waals surface area contributed by atoms with Crippen LogP contribution in [0.25, 0.3) is 11.2 Å². The van der Waals surface area contributed by atoms with E-state index < -0.39 is 16.9 Å². The molecule has 0 bridgehead atoms. The van der Waals surface area contributed by atoms with Gasteiger partial charge in [0, 0.05) is 0 Å². The summed E-state index contributed by atoms with van der Waals surface area (Å²) < 4.78 is 27.8. The zero-order chi connectivity index (χ0) is 29.7. The van der Waals surface area contributed by atoms with Gasteiger partial charge in [-0.25, -0.2) is 9.97 Å². The Bertz CT molecular complexity index is 1750. The van der Waals surface area contributed by atoms with Gasteiger partial charge in [-0.3, -0.25) is 4.79 Å². The van der Waals surface area contributed by atoms with Crippen molar-refractivity contribution in [1.29, 1.82) is 0 Å². The van der Waals surface area contributed by atoms with E-state index in [1.807, 2.05) is 66.9 Å². The van der Waals surface area contributed by atoms with E-state index in [0.29, 0.717) is 12.1 Å². The summed E-state index contributed by atoms with van der Waals surface area (Å²) in [6.45, 7) is 4.09. The third-order valence-corrected chi connectivity index (χ3v) is 8.79. The summed E-state index contributed by atoms with van der Waals surface area (Å²) in [4.78, 5) is 24.4. The molecule has 9 nitrogen and oxygen atoms in total. The van der Waals surface area contributed by atoms with Gasteiger partial charge < -0.3 is 28.5 Å². The molecule has 1 saturated carbocycles. The molecule has 1 saturated heterocycles. The van der Waals surface area contributed by atoms with Crippen molar-refractivity contribution in [2.75, 3.05) is 13.7 Å². The lowest BCUT2D eigenvalue weighted by atomic mass is 9.79. The number of aromatic nitrogens is 4. The molecule has 43 heavy (non-hydrogen) atoms. The lowest BCUT2D eigenvalue weighted by Crippen LogP contribution is -2.50. The molecule has 1 N–H and O–H groups in total. The van der Waals surface area contributed by atoms with E-state index in [2.05, 4.69) is 51.4 Å². The molecule has 7 rings (SSSR count). The monoisotopic (exact) mass is 578 g/mol. The van der Waals surface area contributed by atoms with Crippen molar-refractivity contribution in [2.45, 2.75) is 55.8 Å². The predicted octanol–water partition coefficient (Wildman–Crippen LogP) is 5.15. The predicted molar refractivity (Wildman–Crippen MR) is 161 cm³/mol. The minimum absolute atomic E-state index is 0.151. The van der Waals surface area contributed by atoms with Gasteiger partial charge in [0.1, 0.15) is 17.5 Å². The molecule has 3 atom stereocenters. The Hall–Kier alpha value is -4.31. The molecular weight excluding hydrogens is 544 g/mol. The van der Waals surface area contributed by atoms with Gasteiger partial charge in [-0.2, -0.15) is 0 Å². The van der Waals surface area contributed by atoms with E-state index in [0.717, 1.165) is 28.9 Å². The fourth-order valence-corrected chi connectivity index (χ4v) is 6.84. The number of hydrogen-bond donors (Lipinski definition) is 1. The first-order valence-electron chi connectivity index (χ1n) is 14.5. The van der Waals surface area contributed by atoms with Crippen LogP contribution in [-0.2, 0) is 25.4 Å². The van der Waals surface area contributed by atoms with E-state index in [4.69, 9.17) is 18.9 Å². The number of imidazole rings is 1. The van der Waals surface area contributed by atoms with E-state index in [1.54, 1.807) is 13.4 Å². The molecule has 0 unspecified atom stereocenters. The molecule has 2 fully saturated rings. The van der Waals surface area contributed by atoms with Crippen LogP contribution < -0.4 is 10.3 Å². The van der Waals surface area contributed by atoms with Gasteiger partial charge in [-0.15, -0.1) is 0 Å². The van der Waals surface area contributed by atoms with Crippen molar-refractivity contribution >= 4 is 11.2 Å². The number of rotatable bonds is 8. The van der Waals surface area contributed by atoms with Crippen molar-refractivity contribution < 1.29 is 18.9 Å². The summed E-state index contributed by atoms with van der Waals surface area (Å²) in [7, 11) is 1.66. The fourth-order valence-electron chi connectivity index (χ4n) is 6.84. The van der Waals surface area contributed by atoms with Crippen LogP contribution in [0.2, 0.25) is 0 Å². The van der Waals surface area contributed by atoms with Crippen LogP contribution >= 0.6 is 0 Å². The van der Waals surface area contributed by atoms with Gasteiger partial charge >= 0.3 is 0 Å². The average Bonchev–Trinajstić information content (AvgIpc) is 3.71. The van der Waals surface area contributed by atoms with Crippen LogP contribution in [0.5, 0.6) is 5.75 Å². The molecule has 0 amide bonds. The highest BCUT2D eigenvalue weighted by Crippen LogP contribution is 2.50. The van der Waals surface area contributed by atoms with Gasteiger partial charge in [-0.1, -0.05) is 72.8 Å². The second-order valence-corrected chi connectivity index (χ2v) is 11.7. The van der Waals surface area contributed by atoms with E-state index in [1.165, 1.54) is 6.33 Å². The number of aromatic amines is 1. The minimum Gasteiger partial charge on any atom is -0.497 e. The molecule has 3 aromatic carbocycles. The molecule has 5 aromatic rings. The van der Waals surface area contributed by atoms with Crippen LogP contribution in [0, 0.1) is 0 Å². The normalized spacial score (nSPS) is 23.0. The van der Waals surface area contributed by atoms with Crippen molar-refractivity contribution in [1.82, 2.24) is 19.5 Å². The number of hydrogen-bond acceptors (Lipinski definition) is 7. The number of ether oxygens (including phenoxy) is 4. The highest BCUT2D eigenvalue weighted by molar-refractivity contribution is 5.69. The summed E-state index contributed by atoms with van der Waals surface area (Å²) >= 11 is 0. The maximum Gasteiger partial charge on any atom is 0.278 e. The first-order chi connectivity index (χ1) is 20.9. The molecular formula is C34H34N4O5. The lowest BCUT2D eigenvalue weighted by Gasteiger charge is -2.42. The molecule has 2 aromatic heterocycles. The number of fused-ring (bicyclic) bond motifs is 2. The number of H-pyrrole nitrogens is 1. The molecule has 220 valence electrons. The topological polar surface area (TPSA) is 100 Å². The second kappa shape index (κ2) is 10.4. The van der Waals surface area contributed by atoms with Gasteiger partial charge in [0.25, 0.3) is 5.56 Å². The quantitative estimate of drug-likeness (QED) is 0.254. The fraction of sp³-hybridized carbons (Fsp3) is 0.324. The summed E-state index contributed by atoms with van der Waals surface area (Å²) in [6, 6.07) is 28.5. The summed E-state index contributed by atoms with van der Waals surface area (Å²) in [5.74, 6) is -0.0115. The van der Waals surface area contributed by atoms with Gasteiger partial charge in [0.2, 0.25) is 0 Å². The van der Waals surface area contributed by atoms with Crippen molar-refractivity contribution in [3.8, 4) is 5.75 Å². The molecule has 0 spiro atoms. The maximum atomic E-state index is 12.7. The first-order valence-corrected chi connectivity index (χ1v) is 14.5. The van der Waals surface area contributed by atoms with Crippen LogP contribution in [0.3, 0.4) is 0 Å². The Labute approximate surface area is 249 Å². The van der Waals surface area contributed by atoms with E-state index in [-0.39, 0.29) is 29.9 Å². The Balaban J connectivity index is 1.43. The van der Waals surface area contributed by atoms with Gasteiger partial charge in [0.05, 0.1) is 38.0 Å². The average molecular weight is 579 g/mol. The zero-order valence-electron chi connectivity index (χ0n) is 24.4. The zero-order valence-corrected chi connectivity index (χ0v) is 24.4. The van der Waals surface area contributed by atoms with Crippen LogP contribution in [-0.4, -0.2) is 51.2 Å².